The maximum Gasteiger partial charge on any atom is 0.353 e. The van der Waals surface area contributed by atoms with Crippen molar-refractivity contribution >= 4 is 21.6 Å². The molecule has 94 valence electrons. The number of nitro groups is 1. The number of ether oxygens (including phenoxy) is 1. The monoisotopic (exact) mass is 311 g/mol. The van der Waals surface area contributed by atoms with Gasteiger partial charge in [0.15, 0.2) is 0 Å². The van der Waals surface area contributed by atoms with E-state index in [9.17, 15) is 10.1 Å². The Bertz CT molecular complexity index is 592. The molecule has 0 unspecified atom stereocenters. The smallest absolute Gasteiger partial charge is 0.353 e. The molecule has 1 aromatic carbocycles. The highest BCUT2D eigenvalue weighted by atomic mass is 79.9. The number of aryl methyl sites for hydroxylation is 2. The van der Waals surface area contributed by atoms with Gasteiger partial charge in [-0.25, -0.2) is 4.68 Å². The van der Waals surface area contributed by atoms with Crippen LogP contribution < -0.4 is 4.74 Å². The van der Waals surface area contributed by atoms with Crippen LogP contribution in [0.25, 0.3) is 0 Å². The maximum atomic E-state index is 11.0. The summed E-state index contributed by atoms with van der Waals surface area (Å²) < 4.78 is 7.78. The molecule has 0 spiro atoms. The Hall–Kier alpha value is -1.89. The van der Waals surface area contributed by atoms with Gasteiger partial charge in [-0.05, 0) is 31.2 Å². The fraction of sp³-hybridized carbons (Fsp3) is 0.182. The lowest BCUT2D eigenvalue weighted by Crippen LogP contribution is -1.97. The minimum atomic E-state index is -0.490. The predicted molar refractivity (Wildman–Crippen MR) is 68.8 cm³/mol. The second-order valence-corrected chi connectivity index (χ2v) is 4.59. The van der Waals surface area contributed by atoms with Crippen molar-refractivity contribution < 1.29 is 9.66 Å². The van der Waals surface area contributed by atoms with Gasteiger partial charge in [0, 0.05) is 11.5 Å². The number of aromatic nitrogens is 2. The summed E-state index contributed by atoms with van der Waals surface area (Å²) in [4.78, 5) is 10.5. The molecule has 18 heavy (non-hydrogen) atoms. The molecule has 1 aromatic heterocycles. The van der Waals surface area contributed by atoms with E-state index in [2.05, 4.69) is 21.0 Å². The number of halogens is 1. The molecule has 6 nitrogen and oxygen atoms in total. The van der Waals surface area contributed by atoms with E-state index in [1.807, 2.05) is 0 Å². The van der Waals surface area contributed by atoms with E-state index in [4.69, 9.17) is 4.74 Å². The molecule has 2 rings (SSSR count). The van der Waals surface area contributed by atoms with E-state index in [-0.39, 0.29) is 11.6 Å². The summed E-state index contributed by atoms with van der Waals surface area (Å²) in [6, 6.07) is 7.03. The Labute approximate surface area is 111 Å². The number of hydrogen-bond acceptors (Lipinski definition) is 4. The zero-order valence-corrected chi connectivity index (χ0v) is 11.3. The van der Waals surface area contributed by atoms with Gasteiger partial charge in [0.1, 0.15) is 11.4 Å². The molecule has 0 amide bonds. The quantitative estimate of drug-likeness (QED) is 0.644. The highest BCUT2D eigenvalue weighted by molar-refractivity contribution is 9.10. The average Bonchev–Trinajstić information content (AvgIpc) is 2.57. The minimum Gasteiger partial charge on any atom is -0.434 e. The third kappa shape index (κ3) is 2.35. The third-order valence-corrected chi connectivity index (χ3v) is 2.88. The van der Waals surface area contributed by atoms with Crippen LogP contribution >= 0.6 is 15.9 Å². The molecule has 1 heterocycles. The van der Waals surface area contributed by atoms with Crippen LogP contribution in [-0.2, 0) is 7.05 Å². The molecule has 0 aliphatic carbocycles. The second-order valence-electron chi connectivity index (χ2n) is 3.68. The van der Waals surface area contributed by atoms with E-state index < -0.39 is 4.92 Å². The number of benzene rings is 1. The molecule has 0 aliphatic rings. The first-order valence-electron chi connectivity index (χ1n) is 5.10. The molecule has 0 radical (unpaired) electrons. The molecule has 0 aliphatic heterocycles. The average molecular weight is 312 g/mol. The van der Waals surface area contributed by atoms with E-state index in [0.717, 1.165) is 4.47 Å². The van der Waals surface area contributed by atoms with Gasteiger partial charge in [-0.1, -0.05) is 15.9 Å². The van der Waals surface area contributed by atoms with Crippen molar-refractivity contribution in [1.29, 1.82) is 0 Å². The largest absolute Gasteiger partial charge is 0.434 e. The minimum absolute atomic E-state index is 0.111. The molecule has 0 fully saturated rings. The Morgan fingerprint density at radius 3 is 2.56 bits per heavy atom. The van der Waals surface area contributed by atoms with Gasteiger partial charge in [0.05, 0.1) is 4.92 Å². The summed E-state index contributed by atoms with van der Waals surface area (Å²) in [5, 5.41) is 15.0. The Morgan fingerprint density at radius 1 is 1.39 bits per heavy atom. The fourth-order valence-corrected chi connectivity index (χ4v) is 1.83. The van der Waals surface area contributed by atoms with Crippen LogP contribution in [0.3, 0.4) is 0 Å². The number of nitrogens with zero attached hydrogens (tertiary/aromatic N) is 3. The second kappa shape index (κ2) is 4.77. The van der Waals surface area contributed by atoms with Crippen LogP contribution in [0.2, 0.25) is 0 Å². The first-order valence-corrected chi connectivity index (χ1v) is 5.89. The van der Waals surface area contributed by atoms with E-state index in [1.54, 1.807) is 38.2 Å². The zero-order chi connectivity index (χ0) is 13.3. The Morgan fingerprint density at radius 2 is 2.00 bits per heavy atom. The summed E-state index contributed by atoms with van der Waals surface area (Å²) in [6.45, 7) is 1.58. The molecule has 0 atom stereocenters. The number of hydrogen-bond donors (Lipinski definition) is 0. The normalized spacial score (nSPS) is 10.4. The van der Waals surface area contributed by atoms with Crippen LogP contribution in [0.5, 0.6) is 11.6 Å². The summed E-state index contributed by atoms with van der Waals surface area (Å²) >= 11 is 3.31. The van der Waals surface area contributed by atoms with Crippen LogP contribution in [0.15, 0.2) is 28.7 Å². The van der Waals surface area contributed by atoms with Crippen LogP contribution in [0.1, 0.15) is 5.69 Å². The Balaban J connectivity index is 2.39. The molecule has 0 N–H and O–H groups in total. The highest BCUT2D eigenvalue weighted by Crippen LogP contribution is 2.33. The molecule has 0 bridgehead atoms. The molecular weight excluding hydrogens is 302 g/mol. The van der Waals surface area contributed by atoms with Crippen molar-refractivity contribution in [3.63, 3.8) is 0 Å². The van der Waals surface area contributed by atoms with Gasteiger partial charge in [-0.3, -0.25) is 10.1 Å². The first kappa shape index (κ1) is 12.6. The number of rotatable bonds is 3. The van der Waals surface area contributed by atoms with Gasteiger partial charge in [0.25, 0.3) is 5.88 Å². The van der Waals surface area contributed by atoms with Gasteiger partial charge >= 0.3 is 5.69 Å². The van der Waals surface area contributed by atoms with Crippen LogP contribution in [-0.4, -0.2) is 14.7 Å². The van der Waals surface area contributed by atoms with Crippen LogP contribution in [0, 0.1) is 17.0 Å². The Kier molecular flexibility index (Phi) is 3.33. The van der Waals surface area contributed by atoms with E-state index in [0.29, 0.717) is 11.4 Å². The van der Waals surface area contributed by atoms with Crippen molar-refractivity contribution in [3.05, 3.63) is 44.5 Å². The summed E-state index contributed by atoms with van der Waals surface area (Å²) in [6.07, 6.45) is 0. The standard InChI is InChI=1S/C11H10BrN3O3/c1-7-10(15(16)17)11(14(2)13-7)18-9-5-3-8(12)4-6-9/h3-6H,1-2H3. The van der Waals surface area contributed by atoms with Crippen molar-refractivity contribution in [2.75, 3.05) is 0 Å². The molecule has 0 saturated carbocycles. The summed E-state index contributed by atoms with van der Waals surface area (Å²) in [5.74, 6) is 0.643. The first-order chi connectivity index (χ1) is 8.49. The zero-order valence-electron chi connectivity index (χ0n) is 9.75. The SMILES string of the molecule is Cc1nn(C)c(Oc2ccc(Br)cc2)c1[N+](=O)[O-]. The maximum absolute atomic E-state index is 11.0. The molecule has 0 saturated heterocycles. The molecule has 2 aromatic rings. The highest BCUT2D eigenvalue weighted by Gasteiger charge is 2.26. The lowest BCUT2D eigenvalue weighted by Gasteiger charge is -2.04. The topological polar surface area (TPSA) is 70.2 Å². The van der Waals surface area contributed by atoms with Crippen LogP contribution in [0.4, 0.5) is 5.69 Å². The van der Waals surface area contributed by atoms with Crippen molar-refractivity contribution in [2.24, 2.45) is 7.05 Å². The van der Waals surface area contributed by atoms with Gasteiger partial charge in [-0.2, -0.15) is 5.10 Å². The molecule has 7 heteroatoms. The van der Waals surface area contributed by atoms with Gasteiger partial charge in [-0.15, -0.1) is 0 Å². The van der Waals surface area contributed by atoms with Gasteiger partial charge in [0.2, 0.25) is 0 Å². The van der Waals surface area contributed by atoms with E-state index >= 15 is 0 Å². The predicted octanol–water partition coefficient (Wildman–Crippen LogP) is 3.19. The van der Waals surface area contributed by atoms with Crippen molar-refractivity contribution in [2.45, 2.75) is 6.92 Å². The van der Waals surface area contributed by atoms with Gasteiger partial charge < -0.3 is 4.74 Å². The third-order valence-electron chi connectivity index (χ3n) is 2.35. The summed E-state index contributed by atoms with van der Waals surface area (Å²) in [5.41, 5.74) is 0.218. The van der Waals surface area contributed by atoms with Crippen molar-refractivity contribution in [1.82, 2.24) is 9.78 Å². The lowest BCUT2D eigenvalue weighted by atomic mass is 10.3. The van der Waals surface area contributed by atoms with E-state index in [1.165, 1.54) is 4.68 Å². The van der Waals surface area contributed by atoms with Crippen molar-refractivity contribution in [3.8, 4) is 11.6 Å². The lowest BCUT2D eigenvalue weighted by molar-refractivity contribution is -0.386. The fourth-order valence-electron chi connectivity index (χ4n) is 1.56. The molecular formula is C11H10BrN3O3. The summed E-state index contributed by atoms with van der Waals surface area (Å²) in [7, 11) is 1.61.